The maximum atomic E-state index is 12.4. The lowest BCUT2D eigenvalue weighted by molar-refractivity contribution is 0.0293. The van der Waals surface area contributed by atoms with Crippen LogP contribution in [0.4, 0.5) is 0 Å². The highest BCUT2D eigenvalue weighted by Crippen LogP contribution is 2.30. The van der Waals surface area contributed by atoms with E-state index in [-0.39, 0.29) is 12.1 Å². The van der Waals surface area contributed by atoms with E-state index in [0.717, 1.165) is 35.5 Å². The molecule has 0 aromatic carbocycles. The summed E-state index contributed by atoms with van der Waals surface area (Å²) in [5.41, 5.74) is 0.530. The molecule has 5 heteroatoms. The number of aromatic nitrogens is 1. The third-order valence-corrected chi connectivity index (χ3v) is 5.39. The molecule has 2 bridgehead atoms. The Morgan fingerprint density at radius 3 is 3.00 bits per heavy atom. The first-order valence-electron chi connectivity index (χ1n) is 7.18. The summed E-state index contributed by atoms with van der Waals surface area (Å²) in [5.74, 6) is 0.746. The highest BCUT2D eigenvalue weighted by molar-refractivity contribution is 7.17. The van der Waals surface area contributed by atoms with Gasteiger partial charge in [-0.1, -0.05) is 0 Å². The van der Waals surface area contributed by atoms with Gasteiger partial charge in [0, 0.05) is 29.4 Å². The maximum Gasteiger partial charge on any atom is 0.271 e. The molecule has 0 radical (unpaired) electrons. The maximum absolute atomic E-state index is 12.4. The first kappa shape index (κ1) is 12.3. The van der Waals surface area contributed by atoms with Crippen LogP contribution in [0.1, 0.15) is 29.8 Å². The number of pyridine rings is 1. The van der Waals surface area contributed by atoms with Crippen LogP contribution in [0, 0.1) is 5.92 Å². The van der Waals surface area contributed by atoms with Gasteiger partial charge in [-0.15, -0.1) is 11.3 Å². The molecule has 104 valence electrons. The van der Waals surface area contributed by atoms with Crippen molar-refractivity contribution >= 4 is 27.3 Å². The largest absolute Gasteiger partial charge is 0.335 e. The fourth-order valence-electron chi connectivity index (χ4n) is 3.32. The van der Waals surface area contributed by atoms with Gasteiger partial charge in [-0.25, -0.2) is 0 Å². The Bertz CT molecular complexity index is 645. The molecule has 1 atom stereocenters. The van der Waals surface area contributed by atoms with E-state index in [1.165, 1.54) is 12.8 Å². The summed E-state index contributed by atoms with van der Waals surface area (Å²) in [6.07, 6.45) is 5.65. The third-order valence-electron chi connectivity index (χ3n) is 4.51. The van der Waals surface area contributed by atoms with Gasteiger partial charge in [0.15, 0.2) is 0 Å². The average Bonchev–Trinajstić information content (AvgIpc) is 2.96. The Kier molecular flexibility index (Phi) is 2.97. The van der Waals surface area contributed by atoms with E-state index in [1.807, 2.05) is 17.5 Å². The van der Waals surface area contributed by atoms with Crippen molar-refractivity contribution in [2.24, 2.45) is 5.92 Å². The predicted octanol–water partition coefficient (Wildman–Crippen LogP) is 2.47. The number of hydrogen-bond donors (Lipinski definition) is 1. The number of hydrogen-bond acceptors (Lipinski definition) is 4. The Morgan fingerprint density at radius 2 is 2.25 bits per heavy atom. The molecule has 1 N–H and O–H groups in total. The zero-order valence-corrected chi connectivity index (χ0v) is 12.0. The molecule has 5 rings (SSSR count). The molecule has 2 aromatic rings. The highest BCUT2D eigenvalue weighted by Gasteiger charge is 2.34. The molecule has 3 saturated heterocycles. The second-order valence-electron chi connectivity index (χ2n) is 5.73. The van der Waals surface area contributed by atoms with Crippen LogP contribution >= 0.6 is 11.3 Å². The van der Waals surface area contributed by atoms with Gasteiger partial charge in [0.25, 0.3) is 5.91 Å². The molecule has 2 aromatic heterocycles. The standard InChI is InChI=1S/C15H17N3OS/c19-15(12-8-13-11(9-16-12)3-6-20-13)17-14-7-10-1-4-18(14)5-2-10/h3,6,8-10,14H,1-2,4-5,7H2,(H,17,19). The van der Waals surface area contributed by atoms with Gasteiger partial charge in [-0.05, 0) is 42.7 Å². The normalized spacial score (nSPS) is 28.7. The van der Waals surface area contributed by atoms with Crippen LogP contribution in [-0.2, 0) is 0 Å². The summed E-state index contributed by atoms with van der Waals surface area (Å²) in [6.45, 7) is 2.24. The minimum Gasteiger partial charge on any atom is -0.335 e. The van der Waals surface area contributed by atoms with Crippen molar-refractivity contribution in [1.29, 1.82) is 0 Å². The van der Waals surface area contributed by atoms with Crippen LogP contribution in [0.25, 0.3) is 10.1 Å². The van der Waals surface area contributed by atoms with Crippen molar-refractivity contribution in [2.75, 3.05) is 13.1 Å². The van der Waals surface area contributed by atoms with Gasteiger partial charge >= 0.3 is 0 Å². The van der Waals surface area contributed by atoms with Crippen molar-refractivity contribution in [3.8, 4) is 0 Å². The Morgan fingerprint density at radius 1 is 1.40 bits per heavy atom. The van der Waals surface area contributed by atoms with E-state index in [4.69, 9.17) is 0 Å². The number of nitrogens with one attached hydrogen (secondary N) is 1. The van der Waals surface area contributed by atoms with Gasteiger partial charge in [-0.3, -0.25) is 14.7 Å². The fourth-order valence-corrected chi connectivity index (χ4v) is 4.12. The topological polar surface area (TPSA) is 45.2 Å². The van der Waals surface area contributed by atoms with Crippen LogP contribution in [0.2, 0.25) is 0 Å². The second kappa shape index (κ2) is 4.82. The molecular weight excluding hydrogens is 270 g/mol. The molecule has 4 nitrogen and oxygen atoms in total. The molecule has 0 spiro atoms. The van der Waals surface area contributed by atoms with E-state index in [1.54, 1.807) is 17.5 Å². The fraction of sp³-hybridized carbons (Fsp3) is 0.467. The summed E-state index contributed by atoms with van der Waals surface area (Å²) in [6, 6.07) is 3.92. The molecule has 0 saturated carbocycles. The molecule has 20 heavy (non-hydrogen) atoms. The van der Waals surface area contributed by atoms with Gasteiger partial charge in [-0.2, -0.15) is 0 Å². The molecule has 0 aliphatic carbocycles. The minimum absolute atomic E-state index is 0.0437. The van der Waals surface area contributed by atoms with E-state index in [2.05, 4.69) is 15.2 Å². The average molecular weight is 287 g/mol. The lowest BCUT2D eigenvalue weighted by Crippen LogP contribution is -2.56. The van der Waals surface area contributed by atoms with Crippen molar-refractivity contribution in [3.63, 3.8) is 0 Å². The molecule has 3 aliphatic heterocycles. The van der Waals surface area contributed by atoms with Crippen molar-refractivity contribution < 1.29 is 4.79 Å². The predicted molar refractivity (Wildman–Crippen MR) is 79.8 cm³/mol. The summed E-state index contributed by atoms with van der Waals surface area (Å²) in [5, 5.41) is 6.28. The molecule has 1 amide bonds. The lowest BCUT2D eigenvalue weighted by atomic mass is 9.86. The van der Waals surface area contributed by atoms with E-state index in [0.29, 0.717) is 5.69 Å². The Labute approximate surface area is 121 Å². The number of nitrogens with zero attached hydrogens (tertiary/aromatic N) is 2. The number of carbonyl (C=O) groups is 1. The van der Waals surface area contributed by atoms with Crippen LogP contribution < -0.4 is 5.32 Å². The molecular formula is C15H17N3OS. The van der Waals surface area contributed by atoms with Crippen LogP contribution in [-0.4, -0.2) is 35.0 Å². The summed E-state index contributed by atoms with van der Waals surface area (Å²) in [4.78, 5) is 19.0. The molecule has 1 unspecified atom stereocenters. The number of piperidine rings is 3. The Hall–Kier alpha value is -1.46. The van der Waals surface area contributed by atoms with E-state index >= 15 is 0 Å². The van der Waals surface area contributed by atoms with Crippen LogP contribution in [0.15, 0.2) is 23.7 Å². The number of carbonyl (C=O) groups excluding carboxylic acids is 1. The first-order chi connectivity index (χ1) is 9.79. The number of fused-ring (bicyclic) bond motifs is 4. The highest BCUT2D eigenvalue weighted by atomic mass is 32.1. The third kappa shape index (κ3) is 2.11. The summed E-state index contributed by atoms with van der Waals surface area (Å²) < 4.78 is 1.12. The van der Waals surface area contributed by atoms with Crippen molar-refractivity contribution in [3.05, 3.63) is 29.4 Å². The zero-order chi connectivity index (χ0) is 13.5. The van der Waals surface area contributed by atoms with Crippen molar-refractivity contribution in [1.82, 2.24) is 15.2 Å². The monoisotopic (exact) mass is 287 g/mol. The SMILES string of the molecule is O=C(NC1CC2CCN1CC2)c1cc2sccc2cn1. The van der Waals surface area contributed by atoms with Gasteiger partial charge in [0.2, 0.25) is 0 Å². The minimum atomic E-state index is -0.0437. The summed E-state index contributed by atoms with van der Waals surface area (Å²) in [7, 11) is 0. The van der Waals surface area contributed by atoms with Gasteiger partial charge < -0.3 is 5.32 Å². The first-order valence-corrected chi connectivity index (χ1v) is 8.06. The zero-order valence-electron chi connectivity index (χ0n) is 11.2. The smallest absolute Gasteiger partial charge is 0.271 e. The quantitative estimate of drug-likeness (QED) is 0.923. The van der Waals surface area contributed by atoms with Gasteiger partial charge in [0.1, 0.15) is 5.69 Å². The second-order valence-corrected chi connectivity index (χ2v) is 6.68. The summed E-state index contributed by atoms with van der Waals surface area (Å²) >= 11 is 1.65. The molecule has 5 heterocycles. The number of rotatable bonds is 2. The van der Waals surface area contributed by atoms with Crippen LogP contribution in [0.3, 0.4) is 0 Å². The number of thiophene rings is 1. The molecule has 3 fully saturated rings. The number of amides is 1. The van der Waals surface area contributed by atoms with E-state index < -0.39 is 0 Å². The Balaban J connectivity index is 1.52. The van der Waals surface area contributed by atoms with Gasteiger partial charge in [0.05, 0.1) is 6.17 Å². The lowest BCUT2D eigenvalue weighted by Gasteiger charge is -2.45. The molecule has 3 aliphatic rings. The van der Waals surface area contributed by atoms with Crippen LogP contribution in [0.5, 0.6) is 0 Å². The van der Waals surface area contributed by atoms with Crippen molar-refractivity contribution in [2.45, 2.75) is 25.4 Å². The van der Waals surface area contributed by atoms with E-state index in [9.17, 15) is 4.79 Å².